The van der Waals surface area contributed by atoms with E-state index in [1.807, 2.05) is 0 Å². The minimum Gasteiger partial charge on any atom is -0.486 e. The first-order valence-electron chi connectivity index (χ1n) is 7.20. The number of pyridine rings is 1. The smallest absolute Gasteiger partial charge is 0.279 e. The molecule has 0 aliphatic rings. The maximum absolute atomic E-state index is 13.6. The molecule has 1 aromatic carbocycles. The highest BCUT2D eigenvalue weighted by molar-refractivity contribution is 6.03. The van der Waals surface area contributed by atoms with Gasteiger partial charge < -0.3 is 14.6 Å². The number of para-hydroxylation sites is 1. The molecule has 7 heteroatoms. The third-order valence-corrected chi connectivity index (χ3v) is 3.31. The van der Waals surface area contributed by atoms with Crippen molar-refractivity contribution in [3.05, 3.63) is 71.5 Å². The Morgan fingerprint density at radius 3 is 2.79 bits per heavy atom. The Labute approximate surface area is 137 Å². The lowest BCUT2D eigenvalue weighted by Gasteiger charge is -2.07. The summed E-state index contributed by atoms with van der Waals surface area (Å²) >= 11 is 0. The lowest BCUT2D eigenvalue weighted by Crippen LogP contribution is -2.16. The van der Waals surface area contributed by atoms with Crippen molar-refractivity contribution < 1.29 is 18.4 Å². The number of nitrogens with one attached hydrogen (secondary N) is 1. The van der Waals surface area contributed by atoms with Crippen LogP contribution in [0.25, 0.3) is 0 Å². The van der Waals surface area contributed by atoms with Gasteiger partial charge in [0.15, 0.2) is 17.3 Å². The van der Waals surface area contributed by atoms with Gasteiger partial charge in [-0.25, -0.2) is 9.37 Å². The van der Waals surface area contributed by atoms with Crippen LogP contribution in [0.15, 0.2) is 53.2 Å². The zero-order chi connectivity index (χ0) is 16.9. The zero-order valence-corrected chi connectivity index (χ0v) is 12.8. The highest BCUT2D eigenvalue weighted by Gasteiger charge is 2.21. The van der Waals surface area contributed by atoms with Gasteiger partial charge in [-0.05, 0) is 31.2 Å². The van der Waals surface area contributed by atoms with Crippen LogP contribution < -0.4 is 10.1 Å². The minimum atomic E-state index is -0.480. The Morgan fingerprint density at radius 1 is 1.25 bits per heavy atom. The molecule has 2 aromatic heterocycles. The molecule has 122 valence electrons. The number of carbonyl (C=O) groups is 1. The van der Waals surface area contributed by atoms with E-state index in [2.05, 4.69) is 15.5 Å². The van der Waals surface area contributed by atoms with Crippen LogP contribution in [0.1, 0.15) is 21.8 Å². The number of aromatic nitrogens is 2. The van der Waals surface area contributed by atoms with E-state index in [9.17, 15) is 9.18 Å². The molecule has 24 heavy (non-hydrogen) atoms. The molecule has 6 nitrogen and oxygen atoms in total. The van der Waals surface area contributed by atoms with Gasteiger partial charge in [-0.15, -0.1) is 0 Å². The van der Waals surface area contributed by atoms with Crippen molar-refractivity contribution in [3.63, 3.8) is 0 Å². The van der Waals surface area contributed by atoms with Crippen LogP contribution in [-0.4, -0.2) is 16.0 Å². The standard InChI is InChI=1S/C17H14FN3O3/c1-11-12(10-23-14-7-3-2-6-13(14)18)16(21-24-11)17(22)20-15-8-4-5-9-19-15/h2-9H,10H2,1H3,(H,19,20,22). The van der Waals surface area contributed by atoms with Crippen molar-refractivity contribution in [2.45, 2.75) is 13.5 Å². The van der Waals surface area contributed by atoms with Gasteiger partial charge in [0.1, 0.15) is 18.2 Å². The van der Waals surface area contributed by atoms with Gasteiger partial charge in [0, 0.05) is 6.20 Å². The molecule has 0 saturated heterocycles. The number of carbonyl (C=O) groups excluding carboxylic acids is 1. The van der Waals surface area contributed by atoms with Gasteiger partial charge in [-0.2, -0.15) is 0 Å². The van der Waals surface area contributed by atoms with E-state index in [0.717, 1.165) is 0 Å². The molecular weight excluding hydrogens is 313 g/mol. The molecule has 3 rings (SSSR count). The molecule has 0 bridgehead atoms. The number of hydrogen-bond donors (Lipinski definition) is 1. The van der Waals surface area contributed by atoms with E-state index in [1.54, 1.807) is 43.5 Å². The number of nitrogens with zero attached hydrogens (tertiary/aromatic N) is 2. The summed E-state index contributed by atoms with van der Waals surface area (Å²) in [5.41, 5.74) is 0.529. The zero-order valence-electron chi connectivity index (χ0n) is 12.8. The fourth-order valence-electron chi connectivity index (χ4n) is 2.06. The van der Waals surface area contributed by atoms with E-state index < -0.39 is 11.7 Å². The Bertz CT molecular complexity index is 849. The van der Waals surface area contributed by atoms with Gasteiger partial charge in [-0.3, -0.25) is 4.79 Å². The molecule has 0 unspecified atom stereocenters. The molecule has 0 aliphatic carbocycles. The molecule has 0 fully saturated rings. The number of aryl methyl sites for hydroxylation is 1. The van der Waals surface area contributed by atoms with Crippen molar-refractivity contribution in [1.29, 1.82) is 0 Å². The lowest BCUT2D eigenvalue weighted by molar-refractivity contribution is 0.101. The van der Waals surface area contributed by atoms with Gasteiger partial charge in [0.25, 0.3) is 5.91 Å². The fourth-order valence-corrected chi connectivity index (χ4v) is 2.06. The third-order valence-electron chi connectivity index (χ3n) is 3.31. The van der Waals surface area contributed by atoms with Crippen LogP contribution in [0.5, 0.6) is 5.75 Å². The van der Waals surface area contributed by atoms with Crippen molar-refractivity contribution >= 4 is 11.7 Å². The maximum Gasteiger partial charge on any atom is 0.279 e. The van der Waals surface area contributed by atoms with E-state index in [1.165, 1.54) is 12.1 Å². The predicted molar refractivity (Wildman–Crippen MR) is 84.2 cm³/mol. The number of anilines is 1. The summed E-state index contributed by atoms with van der Waals surface area (Å²) in [5.74, 6) is -0.0420. The monoisotopic (exact) mass is 327 g/mol. The second kappa shape index (κ2) is 6.91. The van der Waals surface area contributed by atoms with Crippen LogP contribution in [0.3, 0.4) is 0 Å². The van der Waals surface area contributed by atoms with Gasteiger partial charge in [0.2, 0.25) is 0 Å². The molecule has 0 spiro atoms. The van der Waals surface area contributed by atoms with Crippen molar-refractivity contribution in [1.82, 2.24) is 10.1 Å². The number of benzene rings is 1. The van der Waals surface area contributed by atoms with Gasteiger partial charge in [-0.1, -0.05) is 23.4 Å². The van der Waals surface area contributed by atoms with Crippen LogP contribution >= 0.6 is 0 Å². The normalized spacial score (nSPS) is 10.4. The maximum atomic E-state index is 13.6. The van der Waals surface area contributed by atoms with Crippen molar-refractivity contribution in [3.8, 4) is 5.75 Å². The molecule has 1 N–H and O–H groups in total. The van der Waals surface area contributed by atoms with Gasteiger partial charge in [0.05, 0.1) is 5.56 Å². The average molecular weight is 327 g/mol. The molecule has 0 atom stereocenters. The van der Waals surface area contributed by atoms with E-state index in [4.69, 9.17) is 9.26 Å². The lowest BCUT2D eigenvalue weighted by atomic mass is 10.2. The summed E-state index contributed by atoms with van der Waals surface area (Å²) in [6.45, 7) is 1.62. The first-order valence-corrected chi connectivity index (χ1v) is 7.20. The predicted octanol–water partition coefficient (Wildman–Crippen LogP) is 3.35. The number of halogens is 1. The number of ether oxygens (including phenoxy) is 1. The van der Waals surface area contributed by atoms with Crippen LogP contribution in [0.2, 0.25) is 0 Å². The SMILES string of the molecule is Cc1onc(C(=O)Nc2ccccn2)c1COc1ccccc1F. The summed E-state index contributed by atoms with van der Waals surface area (Å²) in [5, 5.41) is 6.38. The first-order chi connectivity index (χ1) is 11.6. The highest BCUT2D eigenvalue weighted by atomic mass is 19.1. The molecular formula is C17H14FN3O3. The van der Waals surface area contributed by atoms with Crippen molar-refractivity contribution in [2.24, 2.45) is 0 Å². The number of amides is 1. The Balaban J connectivity index is 1.76. The first kappa shape index (κ1) is 15.7. The summed E-state index contributed by atoms with van der Waals surface area (Å²) in [7, 11) is 0. The number of hydrogen-bond acceptors (Lipinski definition) is 5. The topological polar surface area (TPSA) is 77.3 Å². The third kappa shape index (κ3) is 3.40. The van der Waals surface area contributed by atoms with E-state index in [-0.39, 0.29) is 18.1 Å². The molecule has 1 amide bonds. The molecule has 0 saturated carbocycles. The number of rotatable bonds is 5. The summed E-state index contributed by atoms with van der Waals surface area (Å²) in [4.78, 5) is 16.3. The Morgan fingerprint density at radius 2 is 2.04 bits per heavy atom. The van der Waals surface area contributed by atoms with E-state index in [0.29, 0.717) is 17.1 Å². The van der Waals surface area contributed by atoms with Crippen molar-refractivity contribution in [2.75, 3.05) is 5.32 Å². The second-order valence-corrected chi connectivity index (χ2v) is 4.95. The second-order valence-electron chi connectivity index (χ2n) is 4.95. The molecule has 2 heterocycles. The summed E-state index contributed by atoms with van der Waals surface area (Å²) in [6, 6.07) is 11.2. The molecule has 0 aliphatic heterocycles. The molecule has 0 radical (unpaired) electrons. The van der Waals surface area contributed by atoms with Crippen LogP contribution in [0.4, 0.5) is 10.2 Å². The van der Waals surface area contributed by atoms with Gasteiger partial charge >= 0.3 is 0 Å². The fraction of sp³-hybridized carbons (Fsp3) is 0.118. The summed E-state index contributed by atoms with van der Waals surface area (Å²) in [6.07, 6.45) is 1.56. The summed E-state index contributed by atoms with van der Waals surface area (Å²) < 4.78 is 24.1. The highest BCUT2D eigenvalue weighted by Crippen LogP contribution is 2.21. The van der Waals surface area contributed by atoms with Crippen LogP contribution in [0, 0.1) is 12.7 Å². The molecule has 3 aromatic rings. The quantitative estimate of drug-likeness (QED) is 0.777. The largest absolute Gasteiger partial charge is 0.486 e. The Hall–Kier alpha value is -3.22. The van der Waals surface area contributed by atoms with E-state index >= 15 is 0 Å². The average Bonchev–Trinajstić information content (AvgIpc) is 2.96. The van der Waals surface area contributed by atoms with Crippen LogP contribution in [-0.2, 0) is 6.61 Å². The Kier molecular flexibility index (Phi) is 4.51. The minimum absolute atomic E-state index is 0.0404.